The van der Waals surface area contributed by atoms with E-state index < -0.39 is 233 Å². The van der Waals surface area contributed by atoms with Crippen molar-refractivity contribution in [2.45, 2.75) is 310 Å². The van der Waals surface area contributed by atoms with Crippen LogP contribution in [-0.2, 0) is 92.6 Å². The Bertz CT molecular complexity index is 2710. The fourth-order valence-electron chi connectivity index (χ4n) is 14.3. The van der Waals surface area contributed by atoms with Gasteiger partial charge in [0.25, 0.3) is 0 Å². The molecule has 45 heteroatoms. The lowest BCUT2D eigenvalue weighted by Crippen LogP contribution is -2.68. The monoisotopic (exact) mass is 1540 g/mol. The van der Waals surface area contributed by atoms with Gasteiger partial charge in [-0.25, -0.2) is 9.36 Å². The molecule has 8 heterocycles. The predicted octanol–water partition coefficient (Wildman–Crippen LogP) is -14.4. The van der Waals surface area contributed by atoms with Crippen molar-refractivity contribution in [3.05, 3.63) is 23.8 Å². The van der Waals surface area contributed by atoms with Gasteiger partial charge in [0, 0.05) is 63.6 Å². The van der Waals surface area contributed by atoms with E-state index in [1.54, 1.807) is 12.4 Å². The highest BCUT2D eigenvalue weighted by Gasteiger charge is 2.58. The summed E-state index contributed by atoms with van der Waals surface area (Å²) in [6.07, 6.45) is -33.0. The molecule has 0 amide bonds. The Kier molecular flexibility index (Phi) is 32.0. The zero-order valence-corrected chi connectivity index (χ0v) is 58.7. The summed E-state index contributed by atoms with van der Waals surface area (Å²) >= 11 is 0. The third-order valence-electron chi connectivity index (χ3n) is 20.6. The van der Waals surface area contributed by atoms with Crippen LogP contribution in [0.15, 0.2) is 12.4 Å². The fraction of sp³-hybridized carbons (Fsp3) is 0.933. The van der Waals surface area contributed by atoms with Crippen molar-refractivity contribution in [3.8, 4) is 0 Å². The highest BCUT2D eigenvalue weighted by atomic mass is 35.5. The standard InChI is InChI=1S/C60H112N18O26.ClH/c61-11-27-39(81)43(85)33(69)55(93-27)99-49-25(67)9-23(65)37(79)53(49)103-59-47(89)51(101-57-35(71)45(87)41(83)29(13-63)95-57)31(97-59)17-77-15-21(73-75-77)19-91-7-5-3-1-2-4-6-8-92-20-22-16-78(76-74-22)18-32-52(102-58-36(72)46(88)42(84)30(14-64)96-58)48(90)60(98-32)104-54-38(80)24(66)10-26(68)50(54)100-56-34(70)44(86)40(82)28(12-62)94-56;/h15-16,23-60,79-90H,1-14,17-20,61-72H2;1H/t23-,24-,25+,26+,27-,28-,29+,30+,31-,32-,33-,34-,35-,36-,37+,38+,39-,40-,41-,42-,43-,44-,45-,46-,47-,48-,49-,50-,51-,52-,53-,54-,55-,56-,57-,58-,59+,60+;/m1./s1. The quantitative estimate of drug-likeness (QED) is 0.0295. The molecule has 0 bridgehead atoms. The lowest BCUT2D eigenvalue weighted by atomic mass is 9.84. The van der Waals surface area contributed by atoms with E-state index in [4.69, 9.17) is 135 Å². The second kappa shape index (κ2) is 39.0. The molecule has 10 rings (SSSR count). The largest absolute Gasteiger partial charge is 0.389 e. The number of unbranched alkanes of at least 4 members (excludes halogenated alkanes) is 5. The van der Waals surface area contributed by atoms with Crippen molar-refractivity contribution < 1.29 is 128 Å². The summed E-state index contributed by atoms with van der Waals surface area (Å²) < 4.78 is 88.1. The number of rotatable bonds is 33. The molecule has 44 nitrogen and oxygen atoms in total. The summed E-state index contributed by atoms with van der Waals surface area (Å²) in [7, 11) is 0. The molecule has 0 spiro atoms. The third kappa shape index (κ3) is 20.1. The van der Waals surface area contributed by atoms with Gasteiger partial charge in [0.05, 0.1) is 75.1 Å². The molecule has 0 aromatic carbocycles. The van der Waals surface area contributed by atoms with Gasteiger partial charge in [0.15, 0.2) is 37.7 Å². The molecule has 2 aromatic rings. The molecule has 38 atom stereocenters. The molecule has 8 fully saturated rings. The van der Waals surface area contributed by atoms with Crippen LogP contribution in [0.5, 0.6) is 0 Å². The van der Waals surface area contributed by atoms with Crippen LogP contribution in [0, 0.1) is 0 Å². The Hall–Kier alpha value is -2.95. The number of nitrogens with zero attached hydrogens (tertiary/aromatic N) is 6. The normalized spacial score (nSPS) is 45.5. The minimum atomic E-state index is -1.67. The first kappa shape index (κ1) is 86.0. The molecule has 2 aromatic heterocycles. The maximum atomic E-state index is 12.0. The summed E-state index contributed by atoms with van der Waals surface area (Å²) in [6, 6.07) is -8.93. The maximum absolute atomic E-state index is 12.0. The van der Waals surface area contributed by atoms with Crippen LogP contribution in [0.25, 0.3) is 0 Å². The molecule has 6 saturated heterocycles. The summed E-state index contributed by atoms with van der Waals surface area (Å²) in [6.45, 7) is 0.000855. The Labute approximate surface area is 610 Å². The first-order chi connectivity index (χ1) is 49.7. The fourth-order valence-corrected chi connectivity index (χ4v) is 14.3. The summed E-state index contributed by atoms with van der Waals surface area (Å²) in [5, 5.41) is 149. The van der Waals surface area contributed by atoms with E-state index in [1.807, 2.05) is 0 Å². The zero-order valence-electron chi connectivity index (χ0n) is 57.9. The Morgan fingerprint density at radius 2 is 0.610 bits per heavy atom. The van der Waals surface area contributed by atoms with Gasteiger partial charge in [0.1, 0.15) is 146 Å². The molecule has 2 saturated carbocycles. The first-order valence-corrected chi connectivity index (χ1v) is 35.5. The van der Waals surface area contributed by atoms with Gasteiger partial charge in [-0.05, 0) is 25.7 Å². The van der Waals surface area contributed by atoms with Crippen molar-refractivity contribution in [2.75, 3.05) is 39.4 Å². The van der Waals surface area contributed by atoms with Gasteiger partial charge >= 0.3 is 0 Å². The molecule has 6 aliphatic heterocycles. The van der Waals surface area contributed by atoms with Crippen LogP contribution >= 0.6 is 12.4 Å². The smallest absolute Gasteiger partial charge is 0.187 e. The van der Waals surface area contributed by atoms with Gasteiger partial charge < -0.3 is 196 Å². The van der Waals surface area contributed by atoms with Crippen LogP contribution in [0.3, 0.4) is 0 Å². The topological polar surface area (TPSA) is 746 Å². The number of ether oxygens (including phenoxy) is 14. The third-order valence-corrected chi connectivity index (χ3v) is 20.6. The SMILES string of the molecule is Cl.NC[C@@H]1O[C@H](O[C@H]2[C@@H](O)[C@H](O[C@@H]3[C@@H](O)[C@H](N)C[C@H](N)[C@H]3O[C@H]3O[C@H](CN)[C@@H](O)[C@H](O)[C@H]3N)O[C@@H]2Cn2cc(COCCCCCCCCOCc3cn(C[C@H]4O[C@@H](O[C@@H]5[C@@H](O)[C@H](N)C[C@H](N)[C@H]5O[C@H]5O[C@H](CN)[C@@H](O)[C@H](O)[C@H]5N)[C@H](O)[C@@H]4O[C@H]4O[C@@H](CN)[C@@H](O)[C@H](O)[C@H]4N)nn3)nn2)[C@H](N)[C@@H](O)[C@@H]1O. The lowest BCUT2D eigenvalue weighted by Gasteiger charge is -2.47. The van der Waals surface area contributed by atoms with E-state index in [2.05, 4.69) is 20.6 Å². The molecular formula is C60H113ClN18O26. The van der Waals surface area contributed by atoms with E-state index >= 15 is 0 Å². The van der Waals surface area contributed by atoms with Gasteiger partial charge in [-0.15, -0.1) is 22.6 Å². The second-order valence-corrected chi connectivity index (χ2v) is 28.2. The molecule has 8 aliphatic rings. The lowest BCUT2D eigenvalue weighted by molar-refractivity contribution is -0.306. The Morgan fingerprint density at radius 1 is 0.333 bits per heavy atom. The van der Waals surface area contributed by atoms with Crippen molar-refractivity contribution in [1.82, 2.24) is 30.0 Å². The van der Waals surface area contributed by atoms with Crippen LogP contribution < -0.4 is 68.8 Å². The van der Waals surface area contributed by atoms with Crippen LogP contribution in [0.1, 0.15) is 62.8 Å². The van der Waals surface area contributed by atoms with E-state index in [0.29, 0.717) is 24.6 Å². The van der Waals surface area contributed by atoms with Crippen molar-refractivity contribution in [1.29, 1.82) is 0 Å². The number of aliphatic hydroxyl groups is 12. The minimum Gasteiger partial charge on any atom is -0.389 e. The van der Waals surface area contributed by atoms with Gasteiger partial charge in [-0.1, -0.05) is 36.1 Å². The molecule has 606 valence electrons. The number of nitrogens with two attached hydrogens (primary N) is 12. The Morgan fingerprint density at radius 3 is 0.914 bits per heavy atom. The number of hydrogen-bond donors (Lipinski definition) is 24. The van der Waals surface area contributed by atoms with Crippen LogP contribution in [0.4, 0.5) is 0 Å². The van der Waals surface area contributed by atoms with Crippen LogP contribution in [-0.4, -0.2) is 363 Å². The van der Waals surface area contributed by atoms with Gasteiger partial charge in [-0.2, -0.15) is 0 Å². The summed E-state index contributed by atoms with van der Waals surface area (Å²) in [5.41, 5.74) is 74.9. The molecular weight excluding hydrogens is 1420 g/mol. The number of halogens is 1. The number of aromatic nitrogens is 6. The molecule has 0 unspecified atom stereocenters. The maximum Gasteiger partial charge on any atom is 0.187 e. The van der Waals surface area contributed by atoms with Gasteiger partial charge in [-0.3, -0.25) is 0 Å². The van der Waals surface area contributed by atoms with E-state index in [1.165, 1.54) is 9.36 Å². The summed E-state index contributed by atoms with van der Waals surface area (Å²) in [5.74, 6) is 0. The van der Waals surface area contributed by atoms with Gasteiger partial charge in [0.2, 0.25) is 0 Å². The highest BCUT2D eigenvalue weighted by Crippen LogP contribution is 2.38. The minimum absolute atomic E-state index is 0. The van der Waals surface area contributed by atoms with Crippen molar-refractivity contribution in [3.63, 3.8) is 0 Å². The molecule has 2 aliphatic carbocycles. The van der Waals surface area contributed by atoms with E-state index in [-0.39, 0.29) is 77.7 Å². The number of aliphatic hydroxyl groups excluding tert-OH is 12. The van der Waals surface area contributed by atoms with Crippen LogP contribution in [0.2, 0.25) is 0 Å². The zero-order chi connectivity index (χ0) is 75.1. The Balaban J connectivity index is 0.0000128. The van der Waals surface area contributed by atoms with Crippen molar-refractivity contribution >= 4 is 12.4 Å². The second-order valence-electron chi connectivity index (χ2n) is 28.2. The average molecular weight is 1540 g/mol. The summed E-state index contributed by atoms with van der Waals surface area (Å²) in [4.78, 5) is 0. The average Bonchev–Trinajstić information content (AvgIpc) is 1.69. The van der Waals surface area contributed by atoms with Crippen molar-refractivity contribution in [2.24, 2.45) is 68.8 Å². The van der Waals surface area contributed by atoms with E-state index in [9.17, 15) is 61.3 Å². The van der Waals surface area contributed by atoms with E-state index in [0.717, 1.165) is 38.5 Å². The first-order valence-electron chi connectivity index (χ1n) is 35.5. The number of hydrogen-bond acceptors (Lipinski definition) is 42. The highest BCUT2D eigenvalue weighted by molar-refractivity contribution is 5.85. The molecule has 105 heavy (non-hydrogen) atoms. The molecule has 0 radical (unpaired) electrons. The predicted molar refractivity (Wildman–Crippen MR) is 357 cm³/mol. The molecule has 36 N–H and O–H groups in total.